The lowest BCUT2D eigenvalue weighted by Crippen LogP contribution is -2.03. The molecule has 1 N–H and O–H groups in total. The number of carboxylic acid groups (broad SMARTS) is 1. The van der Waals surface area contributed by atoms with Crippen LogP contribution >= 0.6 is 0 Å². The van der Waals surface area contributed by atoms with Gasteiger partial charge in [-0.1, -0.05) is 6.92 Å². The van der Waals surface area contributed by atoms with Crippen molar-refractivity contribution in [3.63, 3.8) is 0 Å². The fraction of sp³-hybridized carbons (Fsp3) is 0.250. The van der Waals surface area contributed by atoms with Gasteiger partial charge in [-0.3, -0.25) is 0 Å². The number of carboxylic acids is 1. The van der Waals surface area contributed by atoms with E-state index in [2.05, 4.69) is 10.1 Å². The first-order valence-corrected chi connectivity index (χ1v) is 5.57. The number of carbonyl (C=O) groups is 1. The van der Waals surface area contributed by atoms with Crippen molar-refractivity contribution >= 4 is 5.97 Å². The maximum atomic E-state index is 12.8. The van der Waals surface area contributed by atoms with Crippen LogP contribution in [0.1, 0.15) is 29.8 Å². The molecule has 5 nitrogen and oxygen atoms in total. The third-order valence-corrected chi connectivity index (χ3v) is 2.41. The van der Waals surface area contributed by atoms with Gasteiger partial charge in [-0.15, -0.1) is 5.10 Å². The predicted molar refractivity (Wildman–Crippen MR) is 62.3 cm³/mol. The van der Waals surface area contributed by atoms with Crippen molar-refractivity contribution in [3.05, 3.63) is 41.7 Å². The van der Waals surface area contributed by atoms with Crippen LogP contribution < -0.4 is 0 Å². The molecule has 0 saturated carbocycles. The minimum absolute atomic E-state index is 0.247. The van der Waals surface area contributed by atoms with Gasteiger partial charge in [-0.2, -0.15) is 0 Å². The summed E-state index contributed by atoms with van der Waals surface area (Å²) >= 11 is 0. The third-order valence-electron chi connectivity index (χ3n) is 2.41. The quantitative estimate of drug-likeness (QED) is 0.900. The second-order valence-corrected chi connectivity index (χ2v) is 3.80. The van der Waals surface area contributed by atoms with Crippen molar-refractivity contribution in [1.29, 1.82) is 0 Å². The summed E-state index contributed by atoms with van der Waals surface area (Å²) in [7, 11) is 0. The molecule has 0 atom stereocenters. The number of aryl methyl sites for hydroxylation is 1. The Bertz CT molecular complexity index is 563. The molecule has 1 heterocycles. The number of hydrogen-bond acceptors (Lipinski definition) is 3. The number of benzene rings is 1. The molecule has 2 aromatic rings. The average molecular weight is 249 g/mol. The van der Waals surface area contributed by atoms with Gasteiger partial charge in [0.05, 0.1) is 5.69 Å². The molecule has 1 aromatic heterocycles. The Morgan fingerprint density at radius 1 is 1.39 bits per heavy atom. The van der Waals surface area contributed by atoms with Gasteiger partial charge in [-0.05, 0) is 30.7 Å². The monoisotopic (exact) mass is 249 g/mol. The fourth-order valence-electron chi connectivity index (χ4n) is 1.61. The SMILES string of the molecule is CCCc1nc(C(=O)O)nn1-c1ccc(F)cc1. The summed E-state index contributed by atoms with van der Waals surface area (Å²) in [5, 5.41) is 12.8. The Hall–Kier alpha value is -2.24. The average Bonchev–Trinajstić information content (AvgIpc) is 2.75. The van der Waals surface area contributed by atoms with Crippen LogP contribution in [0.4, 0.5) is 4.39 Å². The van der Waals surface area contributed by atoms with E-state index in [1.54, 1.807) is 0 Å². The number of halogens is 1. The zero-order valence-electron chi connectivity index (χ0n) is 9.80. The molecule has 1 aromatic carbocycles. The molecule has 0 radical (unpaired) electrons. The molecule has 0 spiro atoms. The number of nitrogens with zero attached hydrogens (tertiary/aromatic N) is 3. The Morgan fingerprint density at radius 3 is 2.61 bits per heavy atom. The molecular formula is C12H12FN3O2. The van der Waals surface area contributed by atoms with Gasteiger partial charge in [0.2, 0.25) is 0 Å². The van der Waals surface area contributed by atoms with Gasteiger partial charge in [0.15, 0.2) is 0 Å². The molecule has 0 aliphatic rings. The van der Waals surface area contributed by atoms with Crippen LogP contribution in [-0.4, -0.2) is 25.8 Å². The van der Waals surface area contributed by atoms with Gasteiger partial charge in [0, 0.05) is 6.42 Å². The van der Waals surface area contributed by atoms with Crippen molar-refractivity contribution in [1.82, 2.24) is 14.8 Å². The lowest BCUT2D eigenvalue weighted by Gasteiger charge is -2.04. The van der Waals surface area contributed by atoms with Gasteiger partial charge in [-0.25, -0.2) is 18.9 Å². The predicted octanol–water partition coefficient (Wildman–Crippen LogP) is 2.06. The van der Waals surface area contributed by atoms with Gasteiger partial charge in [0.1, 0.15) is 11.6 Å². The van der Waals surface area contributed by atoms with Crippen molar-refractivity contribution in [3.8, 4) is 5.69 Å². The van der Waals surface area contributed by atoms with Crippen molar-refractivity contribution in [2.75, 3.05) is 0 Å². The van der Waals surface area contributed by atoms with E-state index in [1.165, 1.54) is 28.9 Å². The van der Waals surface area contributed by atoms with E-state index in [0.717, 1.165) is 6.42 Å². The third kappa shape index (κ3) is 2.37. The molecule has 2 rings (SSSR count). The lowest BCUT2D eigenvalue weighted by molar-refractivity contribution is 0.0683. The van der Waals surface area contributed by atoms with Crippen LogP contribution in [0.5, 0.6) is 0 Å². The minimum atomic E-state index is -1.17. The summed E-state index contributed by atoms with van der Waals surface area (Å²) in [5.41, 5.74) is 0.597. The maximum absolute atomic E-state index is 12.8. The Morgan fingerprint density at radius 2 is 2.06 bits per heavy atom. The van der Waals surface area contributed by atoms with E-state index < -0.39 is 5.97 Å². The van der Waals surface area contributed by atoms with E-state index in [-0.39, 0.29) is 11.6 Å². The first-order valence-electron chi connectivity index (χ1n) is 5.57. The first-order chi connectivity index (χ1) is 8.61. The second kappa shape index (κ2) is 4.95. The lowest BCUT2D eigenvalue weighted by atomic mass is 10.3. The van der Waals surface area contributed by atoms with Crippen molar-refractivity contribution in [2.45, 2.75) is 19.8 Å². The maximum Gasteiger partial charge on any atom is 0.375 e. The standard InChI is InChI=1S/C12H12FN3O2/c1-2-3-10-14-11(12(17)18)15-16(10)9-6-4-8(13)5-7-9/h4-7H,2-3H2,1H3,(H,17,18). The zero-order valence-corrected chi connectivity index (χ0v) is 9.80. The van der Waals surface area contributed by atoms with Gasteiger partial charge >= 0.3 is 5.97 Å². The second-order valence-electron chi connectivity index (χ2n) is 3.80. The smallest absolute Gasteiger partial charge is 0.375 e. The molecule has 6 heteroatoms. The molecule has 0 aliphatic carbocycles. The summed E-state index contributed by atoms with van der Waals surface area (Å²) in [6.07, 6.45) is 1.43. The molecule has 0 saturated heterocycles. The van der Waals surface area contributed by atoms with E-state index >= 15 is 0 Å². The largest absolute Gasteiger partial charge is 0.475 e. The molecule has 0 aliphatic heterocycles. The zero-order chi connectivity index (χ0) is 13.1. The minimum Gasteiger partial charge on any atom is -0.475 e. The Labute approximate surface area is 103 Å². The number of hydrogen-bond donors (Lipinski definition) is 1. The van der Waals surface area contributed by atoms with E-state index in [4.69, 9.17) is 5.11 Å². The van der Waals surface area contributed by atoms with E-state index in [1.807, 2.05) is 6.92 Å². The summed E-state index contributed by atoms with van der Waals surface area (Å²) < 4.78 is 14.3. The highest BCUT2D eigenvalue weighted by Crippen LogP contribution is 2.12. The molecule has 0 fully saturated rings. The van der Waals surface area contributed by atoms with Gasteiger partial charge in [0.25, 0.3) is 5.82 Å². The van der Waals surface area contributed by atoms with Crippen molar-refractivity contribution in [2.24, 2.45) is 0 Å². The number of aromatic carboxylic acids is 1. The Kier molecular flexibility index (Phi) is 3.36. The summed E-state index contributed by atoms with van der Waals surface area (Å²) in [6, 6.07) is 5.67. The van der Waals surface area contributed by atoms with Crippen LogP contribution in [0, 0.1) is 5.82 Å². The van der Waals surface area contributed by atoms with E-state index in [0.29, 0.717) is 17.9 Å². The normalized spacial score (nSPS) is 10.6. The van der Waals surface area contributed by atoms with Crippen LogP contribution in [0.2, 0.25) is 0 Å². The highest BCUT2D eigenvalue weighted by molar-refractivity contribution is 5.83. The number of aromatic nitrogens is 3. The van der Waals surface area contributed by atoms with Crippen LogP contribution in [0.25, 0.3) is 5.69 Å². The highest BCUT2D eigenvalue weighted by Gasteiger charge is 2.15. The topological polar surface area (TPSA) is 68.0 Å². The van der Waals surface area contributed by atoms with Crippen LogP contribution in [0.3, 0.4) is 0 Å². The van der Waals surface area contributed by atoms with E-state index in [9.17, 15) is 9.18 Å². The molecule has 0 unspecified atom stereocenters. The first kappa shape index (κ1) is 12.2. The molecular weight excluding hydrogens is 237 g/mol. The van der Waals surface area contributed by atoms with Gasteiger partial charge < -0.3 is 5.11 Å². The fourth-order valence-corrected chi connectivity index (χ4v) is 1.61. The summed E-state index contributed by atoms with van der Waals surface area (Å²) in [5.74, 6) is -1.22. The molecule has 18 heavy (non-hydrogen) atoms. The Balaban J connectivity index is 2.47. The van der Waals surface area contributed by atoms with Crippen molar-refractivity contribution < 1.29 is 14.3 Å². The van der Waals surface area contributed by atoms with Crippen LogP contribution in [-0.2, 0) is 6.42 Å². The number of rotatable bonds is 4. The summed E-state index contributed by atoms with van der Waals surface area (Å²) in [4.78, 5) is 14.8. The van der Waals surface area contributed by atoms with Crippen LogP contribution in [0.15, 0.2) is 24.3 Å². The molecule has 94 valence electrons. The molecule has 0 bridgehead atoms. The highest BCUT2D eigenvalue weighted by atomic mass is 19.1. The summed E-state index contributed by atoms with van der Waals surface area (Å²) in [6.45, 7) is 1.96. The molecule has 0 amide bonds.